The highest BCUT2D eigenvalue weighted by Gasteiger charge is 2.19. The Balaban J connectivity index is 3.32. The van der Waals surface area contributed by atoms with Gasteiger partial charge in [0.05, 0.1) is 0 Å². The van der Waals surface area contributed by atoms with Gasteiger partial charge in [0.2, 0.25) is 0 Å². The van der Waals surface area contributed by atoms with Gasteiger partial charge in [-0.15, -0.1) is 0 Å². The largest absolute Gasteiger partial charge is 0.327 e. The van der Waals surface area contributed by atoms with Crippen LogP contribution in [0.25, 0.3) is 0 Å². The van der Waals surface area contributed by atoms with Crippen LogP contribution in [0.15, 0.2) is 0 Å². The topological polar surface area (TPSA) is 26.0 Å². The Morgan fingerprint density at radius 2 is 1.85 bits per heavy atom. The summed E-state index contributed by atoms with van der Waals surface area (Å²) < 4.78 is 0. The summed E-state index contributed by atoms with van der Waals surface area (Å²) in [6.45, 7) is 8.88. The highest BCUT2D eigenvalue weighted by molar-refractivity contribution is 7.99. The molecule has 2 N–H and O–H groups in total. The van der Waals surface area contributed by atoms with Gasteiger partial charge >= 0.3 is 0 Å². The van der Waals surface area contributed by atoms with E-state index >= 15 is 0 Å². The minimum absolute atomic E-state index is 0.276. The molecule has 13 heavy (non-hydrogen) atoms. The minimum Gasteiger partial charge on any atom is -0.327 e. The second kappa shape index (κ2) is 6.72. The molecule has 1 unspecified atom stereocenters. The summed E-state index contributed by atoms with van der Waals surface area (Å²) >= 11 is 2.03. The van der Waals surface area contributed by atoms with E-state index in [4.69, 9.17) is 5.73 Å². The second-order valence-electron chi connectivity index (χ2n) is 4.67. The number of unbranched alkanes of at least 4 members (excludes halogenated alkanes) is 1. The summed E-state index contributed by atoms with van der Waals surface area (Å²) in [5, 5.41) is 0. The van der Waals surface area contributed by atoms with Gasteiger partial charge in [-0.25, -0.2) is 0 Å². The SMILES string of the molecule is CCSCCCCC(N)C(C)(C)C. The summed E-state index contributed by atoms with van der Waals surface area (Å²) in [6, 6.07) is 0.360. The molecule has 0 aliphatic rings. The molecule has 0 bridgehead atoms. The molecule has 0 rings (SSSR count). The van der Waals surface area contributed by atoms with Crippen molar-refractivity contribution in [2.45, 2.75) is 53.0 Å². The Kier molecular flexibility index (Phi) is 6.88. The van der Waals surface area contributed by atoms with Crippen molar-refractivity contribution in [3.8, 4) is 0 Å². The van der Waals surface area contributed by atoms with Crippen LogP contribution in [0.4, 0.5) is 0 Å². The van der Waals surface area contributed by atoms with Gasteiger partial charge < -0.3 is 5.73 Å². The predicted octanol–water partition coefficient (Wildman–Crippen LogP) is 3.28. The van der Waals surface area contributed by atoms with E-state index in [9.17, 15) is 0 Å². The lowest BCUT2D eigenvalue weighted by Crippen LogP contribution is -2.34. The van der Waals surface area contributed by atoms with E-state index in [0.717, 1.165) is 0 Å². The average molecular weight is 203 g/mol. The lowest BCUT2D eigenvalue weighted by atomic mass is 9.84. The van der Waals surface area contributed by atoms with Crippen LogP contribution in [0, 0.1) is 5.41 Å². The van der Waals surface area contributed by atoms with E-state index in [1.54, 1.807) is 0 Å². The summed E-state index contributed by atoms with van der Waals surface area (Å²) in [6.07, 6.45) is 3.78. The summed E-state index contributed by atoms with van der Waals surface area (Å²) in [5.41, 5.74) is 6.33. The van der Waals surface area contributed by atoms with Gasteiger partial charge in [-0.05, 0) is 29.8 Å². The Morgan fingerprint density at radius 1 is 1.23 bits per heavy atom. The second-order valence-corrected chi connectivity index (χ2v) is 6.06. The number of thioether (sulfide) groups is 1. The summed E-state index contributed by atoms with van der Waals surface area (Å²) in [7, 11) is 0. The van der Waals surface area contributed by atoms with Gasteiger partial charge in [-0.1, -0.05) is 34.1 Å². The monoisotopic (exact) mass is 203 g/mol. The van der Waals surface area contributed by atoms with E-state index in [1.165, 1.54) is 30.8 Å². The van der Waals surface area contributed by atoms with Crippen LogP contribution in [0.3, 0.4) is 0 Å². The number of rotatable bonds is 6. The van der Waals surface area contributed by atoms with Crippen molar-refractivity contribution in [3.63, 3.8) is 0 Å². The molecular formula is C11H25NS. The molecule has 0 aromatic rings. The zero-order chi connectivity index (χ0) is 10.3. The van der Waals surface area contributed by atoms with Crippen LogP contribution < -0.4 is 5.73 Å². The molecule has 0 spiro atoms. The standard InChI is InChI=1S/C11H25NS/c1-5-13-9-7-6-8-10(12)11(2,3)4/h10H,5-9,12H2,1-4H3. The Hall–Kier alpha value is 0.310. The van der Waals surface area contributed by atoms with Crippen LogP contribution in [0.5, 0.6) is 0 Å². The molecule has 0 saturated heterocycles. The highest BCUT2D eigenvalue weighted by Crippen LogP contribution is 2.21. The maximum atomic E-state index is 6.06. The van der Waals surface area contributed by atoms with Crippen LogP contribution in [-0.2, 0) is 0 Å². The molecule has 0 fully saturated rings. The van der Waals surface area contributed by atoms with Crippen molar-refractivity contribution in [3.05, 3.63) is 0 Å². The molecule has 0 aliphatic heterocycles. The lowest BCUT2D eigenvalue weighted by Gasteiger charge is -2.26. The van der Waals surface area contributed by atoms with E-state index in [0.29, 0.717) is 6.04 Å². The van der Waals surface area contributed by atoms with Gasteiger partial charge in [0.1, 0.15) is 0 Å². The highest BCUT2D eigenvalue weighted by atomic mass is 32.2. The first kappa shape index (κ1) is 13.3. The third kappa shape index (κ3) is 7.39. The lowest BCUT2D eigenvalue weighted by molar-refractivity contribution is 0.301. The third-order valence-electron chi connectivity index (χ3n) is 2.37. The van der Waals surface area contributed by atoms with E-state index in [-0.39, 0.29) is 5.41 Å². The first-order chi connectivity index (χ1) is 5.98. The molecule has 0 heterocycles. The zero-order valence-corrected chi connectivity index (χ0v) is 10.4. The molecule has 0 aromatic heterocycles. The van der Waals surface area contributed by atoms with E-state index < -0.39 is 0 Å². The van der Waals surface area contributed by atoms with Crippen molar-refractivity contribution in [2.75, 3.05) is 11.5 Å². The average Bonchev–Trinajstić information content (AvgIpc) is 2.02. The fraction of sp³-hybridized carbons (Fsp3) is 1.00. The van der Waals surface area contributed by atoms with E-state index in [2.05, 4.69) is 27.7 Å². The van der Waals surface area contributed by atoms with Gasteiger partial charge in [0.25, 0.3) is 0 Å². The molecule has 80 valence electrons. The van der Waals surface area contributed by atoms with Crippen molar-refractivity contribution in [1.29, 1.82) is 0 Å². The van der Waals surface area contributed by atoms with Crippen LogP contribution >= 0.6 is 11.8 Å². The fourth-order valence-electron chi connectivity index (χ4n) is 1.15. The van der Waals surface area contributed by atoms with Crippen LogP contribution in [-0.4, -0.2) is 17.5 Å². The van der Waals surface area contributed by atoms with Crippen molar-refractivity contribution in [1.82, 2.24) is 0 Å². The quantitative estimate of drug-likeness (QED) is 0.670. The van der Waals surface area contributed by atoms with E-state index in [1.807, 2.05) is 11.8 Å². The van der Waals surface area contributed by atoms with Crippen molar-refractivity contribution in [2.24, 2.45) is 11.1 Å². The molecule has 1 atom stereocenters. The Morgan fingerprint density at radius 3 is 2.31 bits per heavy atom. The maximum Gasteiger partial charge on any atom is 0.00876 e. The summed E-state index contributed by atoms with van der Waals surface area (Å²) in [4.78, 5) is 0. The Bertz CT molecular complexity index is 118. The molecule has 0 radical (unpaired) electrons. The number of hydrogen-bond donors (Lipinski definition) is 1. The first-order valence-corrected chi connectivity index (χ1v) is 6.47. The zero-order valence-electron chi connectivity index (χ0n) is 9.60. The summed E-state index contributed by atoms with van der Waals surface area (Å²) in [5.74, 6) is 2.54. The predicted molar refractivity (Wildman–Crippen MR) is 64.3 cm³/mol. The minimum atomic E-state index is 0.276. The molecule has 0 amide bonds. The fourth-order valence-corrected chi connectivity index (χ4v) is 1.84. The molecule has 2 heteroatoms. The molecule has 0 saturated carbocycles. The van der Waals surface area contributed by atoms with Crippen LogP contribution in [0.2, 0.25) is 0 Å². The molecule has 0 aromatic carbocycles. The first-order valence-electron chi connectivity index (χ1n) is 5.31. The number of hydrogen-bond acceptors (Lipinski definition) is 2. The van der Waals surface area contributed by atoms with Crippen molar-refractivity contribution >= 4 is 11.8 Å². The molecular weight excluding hydrogens is 178 g/mol. The third-order valence-corrected chi connectivity index (χ3v) is 3.36. The smallest absolute Gasteiger partial charge is 0.00876 e. The van der Waals surface area contributed by atoms with Crippen LogP contribution in [0.1, 0.15) is 47.0 Å². The van der Waals surface area contributed by atoms with Gasteiger partial charge in [-0.2, -0.15) is 11.8 Å². The van der Waals surface area contributed by atoms with Gasteiger partial charge in [0.15, 0.2) is 0 Å². The molecule has 0 aliphatic carbocycles. The van der Waals surface area contributed by atoms with Crippen molar-refractivity contribution < 1.29 is 0 Å². The van der Waals surface area contributed by atoms with Gasteiger partial charge in [0, 0.05) is 6.04 Å². The normalized spacial score (nSPS) is 14.5. The maximum absolute atomic E-state index is 6.06. The number of nitrogens with two attached hydrogens (primary N) is 1. The van der Waals surface area contributed by atoms with Gasteiger partial charge in [-0.3, -0.25) is 0 Å². The Labute approximate surface area is 87.9 Å². The molecule has 1 nitrogen and oxygen atoms in total.